The molecule has 1 aromatic carbocycles. The Balaban J connectivity index is 2.18. The molecular formula is C13H20N2O2S2. The zero-order valence-electron chi connectivity index (χ0n) is 11.2. The third kappa shape index (κ3) is 3.36. The summed E-state index contributed by atoms with van der Waals surface area (Å²) in [5, 5.41) is 4.07. The number of anilines is 2. The summed E-state index contributed by atoms with van der Waals surface area (Å²) in [5.41, 5.74) is 7.03. The normalized spacial score (nSPS) is 23.5. The molecule has 0 heterocycles. The molecule has 0 radical (unpaired) electrons. The maximum absolute atomic E-state index is 11.6. The van der Waals surface area contributed by atoms with Crippen LogP contribution in [0.1, 0.15) is 19.3 Å². The maximum atomic E-state index is 11.6. The summed E-state index contributed by atoms with van der Waals surface area (Å²) < 4.78 is 23.3. The molecule has 2 rings (SSSR count). The summed E-state index contributed by atoms with van der Waals surface area (Å²) >= 11 is 1.89. The van der Waals surface area contributed by atoms with Gasteiger partial charge in [0.05, 0.1) is 16.3 Å². The van der Waals surface area contributed by atoms with Gasteiger partial charge in [0.1, 0.15) is 0 Å². The van der Waals surface area contributed by atoms with Crippen LogP contribution in [0.15, 0.2) is 23.1 Å². The SMILES string of the molecule is CSC1CCC(Nc2cccc(S(C)(=O)=O)c2N)C1. The lowest BCUT2D eigenvalue weighted by Gasteiger charge is -2.17. The number of sulfone groups is 1. The molecule has 0 aliphatic heterocycles. The molecule has 2 unspecified atom stereocenters. The molecular weight excluding hydrogens is 280 g/mol. The van der Waals surface area contributed by atoms with Crippen molar-refractivity contribution in [3.05, 3.63) is 18.2 Å². The van der Waals surface area contributed by atoms with Crippen LogP contribution in [-0.4, -0.2) is 32.2 Å². The largest absolute Gasteiger partial charge is 0.396 e. The third-order valence-electron chi connectivity index (χ3n) is 3.54. The Kier molecular flexibility index (Phi) is 4.30. The van der Waals surface area contributed by atoms with E-state index >= 15 is 0 Å². The van der Waals surface area contributed by atoms with Crippen molar-refractivity contribution in [2.24, 2.45) is 0 Å². The number of benzene rings is 1. The molecule has 1 saturated carbocycles. The first-order chi connectivity index (χ1) is 8.91. The summed E-state index contributed by atoms with van der Waals surface area (Å²) in [5.74, 6) is 0. The molecule has 1 aliphatic carbocycles. The van der Waals surface area contributed by atoms with Crippen LogP contribution in [0, 0.1) is 0 Å². The third-order valence-corrected chi connectivity index (χ3v) is 5.79. The van der Waals surface area contributed by atoms with Crippen molar-refractivity contribution in [3.8, 4) is 0 Å². The van der Waals surface area contributed by atoms with Crippen LogP contribution in [-0.2, 0) is 9.84 Å². The minimum absolute atomic E-state index is 0.205. The molecule has 19 heavy (non-hydrogen) atoms. The number of hydrogen-bond donors (Lipinski definition) is 2. The Hall–Kier alpha value is -0.880. The quantitative estimate of drug-likeness (QED) is 0.835. The zero-order chi connectivity index (χ0) is 14.0. The van der Waals surface area contributed by atoms with E-state index in [-0.39, 0.29) is 4.90 Å². The maximum Gasteiger partial charge on any atom is 0.177 e. The van der Waals surface area contributed by atoms with Gasteiger partial charge in [-0.1, -0.05) is 6.07 Å². The van der Waals surface area contributed by atoms with Gasteiger partial charge in [-0.3, -0.25) is 0 Å². The summed E-state index contributed by atoms with van der Waals surface area (Å²) in [4.78, 5) is 0.205. The van der Waals surface area contributed by atoms with Gasteiger partial charge in [-0.15, -0.1) is 0 Å². The van der Waals surface area contributed by atoms with Crippen LogP contribution in [0.5, 0.6) is 0 Å². The Morgan fingerprint density at radius 1 is 1.37 bits per heavy atom. The monoisotopic (exact) mass is 300 g/mol. The number of nitrogens with one attached hydrogen (secondary N) is 1. The van der Waals surface area contributed by atoms with Crippen LogP contribution in [0.4, 0.5) is 11.4 Å². The Bertz CT molecular complexity index is 558. The number of rotatable bonds is 4. The molecule has 6 heteroatoms. The van der Waals surface area contributed by atoms with E-state index in [0.29, 0.717) is 17.0 Å². The molecule has 106 valence electrons. The number of para-hydroxylation sites is 1. The molecule has 0 bridgehead atoms. The minimum Gasteiger partial charge on any atom is -0.396 e. The second-order valence-corrected chi connectivity index (χ2v) is 8.12. The van der Waals surface area contributed by atoms with Crippen LogP contribution < -0.4 is 11.1 Å². The van der Waals surface area contributed by atoms with Gasteiger partial charge in [-0.05, 0) is 37.7 Å². The van der Waals surface area contributed by atoms with Crippen LogP contribution in [0.25, 0.3) is 0 Å². The van der Waals surface area contributed by atoms with Crippen LogP contribution in [0.3, 0.4) is 0 Å². The molecule has 1 aliphatic rings. The van der Waals surface area contributed by atoms with E-state index in [1.807, 2.05) is 17.8 Å². The predicted molar refractivity (Wildman–Crippen MR) is 82.5 cm³/mol. The summed E-state index contributed by atoms with van der Waals surface area (Å²) in [6.07, 6.45) is 6.72. The average Bonchev–Trinajstić information content (AvgIpc) is 2.78. The Morgan fingerprint density at radius 3 is 2.68 bits per heavy atom. The summed E-state index contributed by atoms with van der Waals surface area (Å²) in [7, 11) is -3.27. The second kappa shape index (κ2) is 5.63. The number of thioether (sulfide) groups is 1. The lowest BCUT2D eigenvalue weighted by molar-refractivity contribution is 0.602. The van der Waals surface area contributed by atoms with Crippen molar-refractivity contribution in [1.82, 2.24) is 0 Å². The molecule has 1 fully saturated rings. The highest BCUT2D eigenvalue weighted by Crippen LogP contribution is 2.33. The summed E-state index contributed by atoms with van der Waals surface area (Å²) in [6.45, 7) is 0. The lowest BCUT2D eigenvalue weighted by Crippen LogP contribution is -2.17. The molecule has 1 aromatic rings. The molecule has 0 saturated heterocycles. The van der Waals surface area contributed by atoms with Crippen molar-refractivity contribution in [3.63, 3.8) is 0 Å². The van der Waals surface area contributed by atoms with Gasteiger partial charge in [-0.25, -0.2) is 8.42 Å². The van der Waals surface area contributed by atoms with Gasteiger partial charge in [-0.2, -0.15) is 11.8 Å². The van der Waals surface area contributed by atoms with Crippen molar-refractivity contribution in [2.75, 3.05) is 23.6 Å². The fraction of sp³-hybridized carbons (Fsp3) is 0.538. The Labute approximate surface area is 119 Å². The van der Waals surface area contributed by atoms with Crippen molar-refractivity contribution < 1.29 is 8.42 Å². The highest BCUT2D eigenvalue weighted by atomic mass is 32.2. The van der Waals surface area contributed by atoms with Gasteiger partial charge >= 0.3 is 0 Å². The summed E-state index contributed by atoms with van der Waals surface area (Å²) in [6, 6.07) is 5.51. The van der Waals surface area contributed by atoms with E-state index in [0.717, 1.165) is 18.5 Å². The van der Waals surface area contributed by atoms with Gasteiger partial charge in [0.15, 0.2) is 9.84 Å². The van der Waals surface area contributed by atoms with Gasteiger partial charge in [0, 0.05) is 17.5 Å². The first-order valence-electron chi connectivity index (χ1n) is 6.29. The minimum atomic E-state index is -3.27. The van der Waals surface area contributed by atoms with Gasteiger partial charge in [0.25, 0.3) is 0 Å². The standard InChI is InChI=1S/C13H20N2O2S2/c1-18-10-7-6-9(8-10)15-11-4-3-5-12(13(11)14)19(2,16)17/h3-5,9-10,15H,6-8,14H2,1-2H3. The zero-order valence-corrected chi connectivity index (χ0v) is 12.9. The smallest absolute Gasteiger partial charge is 0.177 e. The number of nitrogens with two attached hydrogens (primary N) is 1. The van der Waals surface area contributed by atoms with E-state index < -0.39 is 9.84 Å². The predicted octanol–water partition coefficient (Wildman–Crippen LogP) is 2.37. The van der Waals surface area contributed by atoms with Crippen LogP contribution in [0.2, 0.25) is 0 Å². The van der Waals surface area contributed by atoms with E-state index in [1.54, 1.807) is 12.1 Å². The van der Waals surface area contributed by atoms with E-state index in [4.69, 9.17) is 5.73 Å². The van der Waals surface area contributed by atoms with Crippen molar-refractivity contribution in [1.29, 1.82) is 0 Å². The second-order valence-electron chi connectivity index (χ2n) is 5.00. The van der Waals surface area contributed by atoms with Gasteiger partial charge in [0.2, 0.25) is 0 Å². The molecule has 2 atom stereocenters. The first-order valence-corrected chi connectivity index (χ1v) is 9.47. The van der Waals surface area contributed by atoms with Crippen molar-refractivity contribution >= 4 is 33.0 Å². The molecule has 3 N–H and O–H groups in total. The topological polar surface area (TPSA) is 72.2 Å². The molecule has 0 aromatic heterocycles. The van der Waals surface area contributed by atoms with E-state index in [2.05, 4.69) is 11.6 Å². The highest BCUT2D eigenvalue weighted by molar-refractivity contribution is 7.99. The molecule has 0 amide bonds. The van der Waals surface area contributed by atoms with Crippen molar-refractivity contribution in [2.45, 2.75) is 35.4 Å². The highest BCUT2D eigenvalue weighted by Gasteiger charge is 2.24. The number of nitrogen functional groups attached to an aromatic ring is 1. The lowest BCUT2D eigenvalue weighted by atomic mass is 10.2. The average molecular weight is 300 g/mol. The van der Waals surface area contributed by atoms with E-state index in [1.165, 1.54) is 12.7 Å². The van der Waals surface area contributed by atoms with Gasteiger partial charge < -0.3 is 11.1 Å². The fourth-order valence-corrected chi connectivity index (χ4v) is 4.13. The fourth-order valence-electron chi connectivity index (χ4n) is 2.50. The Morgan fingerprint density at radius 2 is 2.11 bits per heavy atom. The van der Waals surface area contributed by atoms with E-state index in [9.17, 15) is 8.42 Å². The molecule has 0 spiro atoms. The number of hydrogen-bond acceptors (Lipinski definition) is 5. The van der Waals surface area contributed by atoms with Crippen LogP contribution >= 0.6 is 11.8 Å². The first kappa shape index (κ1) is 14.5. The molecule has 4 nitrogen and oxygen atoms in total.